The van der Waals surface area contributed by atoms with Crippen LogP contribution in [0.2, 0.25) is 0 Å². The standard InChI is InChI=1S/C29H52O11/c1-11-19-14(3)21(31)15(4)20(30)13(2)12-29(8,35)26(33)16(5)23(17(6)27(34)39-19)40-28-25(37-10)24(36-9)22(32)18(7)38-28/h13-19,21-26,28,31-33,35H,11-12H2,1-10H3/t13-,14+,15+,16+,17-,18-,19-,21+,22-,23+,24+,25+,26-,28-,29-/m1/s1. The fraction of sp³-hybridized carbons (Fsp3) is 0.931. The van der Waals surface area contributed by atoms with E-state index >= 15 is 0 Å². The molecule has 0 bridgehead atoms. The quantitative estimate of drug-likeness (QED) is 0.351. The molecule has 0 aromatic carbocycles. The summed E-state index contributed by atoms with van der Waals surface area (Å²) in [6.07, 6.45) is -8.29. The lowest BCUT2D eigenvalue weighted by Crippen LogP contribution is -2.61. The zero-order valence-electron chi connectivity index (χ0n) is 25.6. The van der Waals surface area contributed by atoms with Crippen molar-refractivity contribution in [2.45, 2.75) is 129 Å². The Morgan fingerprint density at radius 1 is 0.875 bits per heavy atom. The Morgan fingerprint density at radius 3 is 1.98 bits per heavy atom. The summed E-state index contributed by atoms with van der Waals surface area (Å²) >= 11 is 0. The number of ketones is 1. The summed E-state index contributed by atoms with van der Waals surface area (Å²) in [4.78, 5) is 26.7. The minimum absolute atomic E-state index is 0.0683. The van der Waals surface area contributed by atoms with E-state index in [0.29, 0.717) is 6.42 Å². The van der Waals surface area contributed by atoms with Crippen molar-refractivity contribution in [3.63, 3.8) is 0 Å². The lowest BCUT2D eigenvalue weighted by Gasteiger charge is -2.46. The third-order valence-electron chi connectivity index (χ3n) is 9.07. The van der Waals surface area contributed by atoms with Gasteiger partial charge in [0.2, 0.25) is 0 Å². The molecule has 0 aromatic rings. The molecular formula is C29H52O11. The highest BCUT2D eigenvalue weighted by Crippen LogP contribution is 2.36. The fourth-order valence-electron chi connectivity index (χ4n) is 6.30. The maximum atomic E-state index is 13.5. The SMILES string of the molecule is CC[C@H]1OC(=O)[C@H](C)[C@@H](O[C@H]2O[C@H](C)[C@@H](O)[C@H](OC)[C@@H]2OC)[C@H](C)[C@@H](O)[C@](C)(O)C[C@@H](C)C(=O)[C@H](C)[C@@H](O)[C@H]1C. The van der Waals surface area contributed by atoms with Crippen LogP contribution in [0.15, 0.2) is 0 Å². The lowest BCUT2D eigenvalue weighted by atomic mass is 9.75. The molecule has 0 radical (unpaired) electrons. The highest BCUT2D eigenvalue weighted by molar-refractivity contribution is 5.83. The zero-order chi connectivity index (χ0) is 30.7. The number of hydrogen-bond acceptors (Lipinski definition) is 11. The normalized spacial score (nSPS) is 48.4. The maximum absolute atomic E-state index is 13.5. The first kappa shape index (κ1) is 35.0. The molecule has 11 heteroatoms. The van der Waals surface area contributed by atoms with E-state index in [0.717, 1.165) is 0 Å². The van der Waals surface area contributed by atoms with Gasteiger partial charge in [-0.15, -0.1) is 0 Å². The van der Waals surface area contributed by atoms with Gasteiger partial charge < -0.3 is 44.1 Å². The molecule has 2 saturated heterocycles. The molecule has 0 amide bonds. The first-order valence-electron chi connectivity index (χ1n) is 14.4. The molecular weight excluding hydrogens is 524 g/mol. The summed E-state index contributed by atoms with van der Waals surface area (Å²) in [7, 11) is 2.86. The van der Waals surface area contributed by atoms with Gasteiger partial charge in [0.1, 0.15) is 30.2 Å². The van der Waals surface area contributed by atoms with Crippen LogP contribution in [0.4, 0.5) is 0 Å². The molecule has 11 nitrogen and oxygen atoms in total. The number of carbonyl (C=O) groups excluding carboxylic acids is 2. The van der Waals surface area contributed by atoms with Crippen LogP contribution < -0.4 is 0 Å². The number of aliphatic hydroxyl groups excluding tert-OH is 3. The molecule has 0 spiro atoms. The van der Waals surface area contributed by atoms with Crippen molar-refractivity contribution in [3.8, 4) is 0 Å². The van der Waals surface area contributed by atoms with Crippen molar-refractivity contribution >= 4 is 11.8 Å². The fourth-order valence-corrected chi connectivity index (χ4v) is 6.30. The van der Waals surface area contributed by atoms with Gasteiger partial charge in [0.25, 0.3) is 0 Å². The van der Waals surface area contributed by atoms with Gasteiger partial charge in [0, 0.05) is 37.9 Å². The zero-order valence-corrected chi connectivity index (χ0v) is 25.6. The Kier molecular flexibility index (Phi) is 12.5. The third kappa shape index (κ3) is 7.42. The summed E-state index contributed by atoms with van der Waals surface area (Å²) < 4.78 is 29.2. The number of cyclic esters (lactones) is 1. The van der Waals surface area contributed by atoms with Gasteiger partial charge in [0.15, 0.2) is 6.29 Å². The van der Waals surface area contributed by atoms with Gasteiger partial charge in [-0.25, -0.2) is 0 Å². The van der Waals surface area contributed by atoms with Crippen LogP contribution in [0.25, 0.3) is 0 Å². The molecule has 0 unspecified atom stereocenters. The number of aliphatic hydroxyl groups is 4. The second-order valence-electron chi connectivity index (χ2n) is 12.2. The molecule has 40 heavy (non-hydrogen) atoms. The van der Waals surface area contributed by atoms with Crippen molar-refractivity contribution < 1.29 is 53.7 Å². The monoisotopic (exact) mass is 576 g/mol. The second kappa shape index (κ2) is 14.3. The summed E-state index contributed by atoms with van der Waals surface area (Å²) in [5.41, 5.74) is -1.74. The molecule has 2 aliphatic rings. The first-order chi connectivity index (χ1) is 18.5. The van der Waals surface area contributed by atoms with E-state index in [1.165, 1.54) is 21.1 Å². The van der Waals surface area contributed by atoms with Crippen LogP contribution in [0.5, 0.6) is 0 Å². The number of methoxy groups -OCH3 is 2. The smallest absolute Gasteiger partial charge is 0.311 e. The van der Waals surface area contributed by atoms with E-state index in [1.807, 2.05) is 6.92 Å². The average molecular weight is 577 g/mol. The number of rotatable bonds is 5. The molecule has 15 atom stereocenters. The number of Topliss-reactive ketones (excluding diaryl/α,β-unsaturated/α-hetero) is 1. The van der Waals surface area contributed by atoms with Crippen molar-refractivity contribution in [1.29, 1.82) is 0 Å². The van der Waals surface area contributed by atoms with E-state index in [-0.39, 0.29) is 12.2 Å². The van der Waals surface area contributed by atoms with Crippen molar-refractivity contribution in [2.75, 3.05) is 14.2 Å². The minimum Gasteiger partial charge on any atom is -0.462 e. The van der Waals surface area contributed by atoms with E-state index in [9.17, 15) is 30.0 Å². The van der Waals surface area contributed by atoms with E-state index < -0.39 is 96.3 Å². The maximum Gasteiger partial charge on any atom is 0.311 e. The molecule has 2 aliphatic heterocycles. The predicted molar refractivity (Wildman–Crippen MR) is 145 cm³/mol. The van der Waals surface area contributed by atoms with Crippen molar-refractivity contribution in [2.24, 2.45) is 29.6 Å². The Balaban J connectivity index is 2.54. The topological polar surface area (TPSA) is 161 Å². The van der Waals surface area contributed by atoms with Crippen LogP contribution in [0.3, 0.4) is 0 Å². The summed E-state index contributed by atoms with van der Waals surface area (Å²) in [5, 5.41) is 44.4. The largest absolute Gasteiger partial charge is 0.462 e. The van der Waals surface area contributed by atoms with Crippen LogP contribution in [0, 0.1) is 29.6 Å². The third-order valence-corrected chi connectivity index (χ3v) is 9.07. The molecule has 2 fully saturated rings. The lowest BCUT2D eigenvalue weighted by molar-refractivity contribution is -0.321. The second-order valence-corrected chi connectivity index (χ2v) is 12.2. The van der Waals surface area contributed by atoms with Crippen LogP contribution in [-0.4, -0.2) is 107 Å². The van der Waals surface area contributed by atoms with Gasteiger partial charge in [-0.1, -0.05) is 34.6 Å². The Hall–Kier alpha value is -1.18. The highest BCUT2D eigenvalue weighted by atomic mass is 16.7. The highest BCUT2D eigenvalue weighted by Gasteiger charge is 2.50. The minimum atomic E-state index is -1.74. The van der Waals surface area contributed by atoms with Crippen LogP contribution >= 0.6 is 0 Å². The summed E-state index contributed by atoms with van der Waals surface area (Å²) in [6, 6.07) is 0. The van der Waals surface area contributed by atoms with Gasteiger partial charge in [-0.2, -0.15) is 0 Å². The van der Waals surface area contributed by atoms with E-state index in [1.54, 1.807) is 41.5 Å². The number of carbonyl (C=O) groups is 2. The Labute approximate surface area is 238 Å². The number of ether oxygens (including phenoxy) is 5. The number of hydrogen-bond donors (Lipinski definition) is 4. The van der Waals surface area contributed by atoms with E-state index in [4.69, 9.17) is 23.7 Å². The average Bonchev–Trinajstić information content (AvgIpc) is 2.92. The molecule has 0 saturated carbocycles. The van der Waals surface area contributed by atoms with E-state index in [2.05, 4.69) is 0 Å². The van der Waals surface area contributed by atoms with Crippen LogP contribution in [0.1, 0.15) is 68.2 Å². The Bertz CT molecular complexity index is 835. The van der Waals surface area contributed by atoms with Crippen molar-refractivity contribution in [1.82, 2.24) is 0 Å². The molecule has 0 aromatic heterocycles. The molecule has 2 rings (SSSR count). The molecule has 2 heterocycles. The van der Waals surface area contributed by atoms with Crippen molar-refractivity contribution in [3.05, 3.63) is 0 Å². The summed E-state index contributed by atoms with van der Waals surface area (Å²) in [5.74, 6) is -4.63. The van der Waals surface area contributed by atoms with Gasteiger partial charge in [0.05, 0.1) is 35.9 Å². The molecule has 234 valence electrons. The predicted octanol–water partition coefficient (Wildman–Crippen LogP) is 1.46. The molecule has 0 aliphatic carbocycles. The van der Waals surface area contributed by atoms with Gasteiger partial charge in [-0.05, 0) is 33.6 Å². The summed E-state index contributed by atoms with van der Waals surface area (Å²) in [6.45, 7) is 13.2. The molecule has 4 N–H and O–H groups in total. The van der Waals surface area contributed by atoms with Gasteiger partial charge >= 0.3 is 5.97 Å². The van der Waals surface area contributed by atoms with Crippen LogP contribution in [-0.2, 0) is 33.3 Å². The van der Waals surface area contributed by atoms with Gasteiger partial charge in [-0.3, -0.25) is 9.59 Å². The Morgan fingerprint density at radius 2 is 1.45 bits per heavy atom. The first-order valence-corrected chi connectivity index (χ1v) is 14.4. The number of esters is 1.